The number of ether oxygens (including phenoxy) is 1. The van der Waals surface area contributed by atoms with Crippen LogP contribution in [0.2, 0.25) is 0 Å². The highest BCUT2D eigenvalue weighted by Gasteiger charge is 2.15. The van der Waals surface area contributed by atoms with Gasteiger partial charge >= 0.3 is 6.03 Å². The highest BCUT2D eigenvalue weighted by atomic mass is 16.5. The van der Waals surface area contributed by atoms with Crippen molar-refractivity contribution < 1.29 is 9.53 Å². The summed E-state index contributed by atoms with van der Waals surface area (Å²) in [6.45, 7) is 3.02. The first kappa shape index (κ1) is 18.5. The maximum atomic E-state index is 12.9. The molecule has 5 heteroatoms. The van der Waals surface area contributed by atoms with Crippen molar-refractivity contribution in [2.45, 2.75) is 20.0 Å². The second-order valence-corrected chi connectivity index (χ2v) is 6.37. The van der Waals surface area contributed by atoms with Crippen molar-refractivity contribution in [1.29, 1.82) is 0 Å². The van der Waals surface area contributed by atoms with Crippen LogP contribution in [-0.4, -0.2) is 23.0 Å². The fraction of sp³-hybridized carbons (Fsp3) is 0.182. The monoisotopic (exact) mass is 361 g/mol. The van der Waals surface area contributed by atoms with Gasteiger partial charge in [-0.1, -0.05) is 42.0 Å². The molecule has 2 aromatic carbocycles. The van der Waals surface area contributed by atoms with E-state index in [4.69, 9.17) is 4.74 Å². The molecule has 3 rings (SSSR count). The second-order valence-electron chi connectivity index (χ2n) is 6.37. The summed E-state index contributed by atoms with van der Waals surface area (Å²) in [4.78, 5) is 18.9. The maximum Gasteiger partial charge on any atom is 0.322 e. The van der Waals surface area contributed by atoms with Crippen LogP contribution in [0.3, 0.4) is 0 Å². The van der Waals surface area contributed by atoms with E-state index >= 15 is 0 Å². The van der Waals surface area contributed by atoms with Crippen LogP contribution in [0.1, 0.15) is 16.7 Å². The van der Waals surface area contributed by atoms with Gasteiger partial charge in [-0.3, -0.25) is 4.98 Å². The molecule has 1 N–H and O–H groups in total. The number of carbonyl (C=O) groups is 1. The molecule has 0 radical (unpaired) electrons. The number of benzene rings is 2. The third-order valence-electron chi connectivity index (χ3n) is 4.20. The largest absolute Gasteiger partial charge is 0.497 e. The van der Waals surface area contributed by atoms with Gasteiger partial charge in [-0.25, -0.2) is 4.79 Å². The predicted octanol–water partition coefficient (Wildman–Crippen LogP) is 4.63. The van der Waals surface area contributed by atoms with Crippen molar-refractivity contribution in [1.82, 2.24) is 9.88 Å². The first-order chi connectivity index (χ1) is 13.1. The van der Waals surface area contributed by atoms with E-state index < -0.39 is 0 Å². The summed E-state index contributed by atoms with van der Waals surface area (Å²) in [5.74, 6) is 0.699. The summed E-state index contributed by atoms with van der Waals surface area (Å²) in [6.07, 6.45) is 3.51. The van der Waals surface area contributed by atoms with E-state index in [2.05, 4.69) is 22.4 Å². The predicted molar refractivity (Wildman–Crippen MR) is 107 cm³/mol. The molecule has 0 aliphatic rings. The lowest BCUT2D eigenvalue weighted by Gasteiger charge is -2.23. The van der Waals surface area contributed by atoms with Crippen molar-refractivity contribution in [3.63, 3.8) is 0 Å². The number of hydrogen-bond acceptors (Lipinski definition) is 3. The zero-order valence-corrected chi connectivity index (χ0v) is 15.6. The number of hydrogen-bond donors (Lipinski definition) is 1. The van der Waals surface area contributed by atoms with E-state index in [9.17, 15) is 4.79 Å². The van der Waals surface area contributed by atoms with Gasteiger partial charge in [0.05, 0.1) is 7.11 Å². The summed E-state index contributed by atoms with van der Waals surface area (Å²) >= 11 is 0. The zero-order valence-electron chi connectivity index (χ0n) is 15.6. The number of aromatic nitrogens is 1. The zero-order chi connectivity index (χ0) is 19.1. The van der Waals surface area contributed by atoms with E-state index in [1.807, 2.05) is 49.4 Å². The van der Waals surface area contributed by atoms with E-state index in [1.165, 1.54) is 5.56 Å². The van der Waals surface area contributed by atoms with Gasteiger partial charge in [0.15, 0.2) is 0 Å². The molecule has 0 atom stereocenters. The van der Waals surface area contributed by atoms with Gasteiger partial charge in [0.25, 0.3) is 0 Å². The summed E-state index contributed by atoms with van der Waals surface area (Å²) in [5, 5.41) is 2.96. The van der Waals surface area contributed by atoms with Crippen LogP contribution in [0.25, 0.3) is 0 Å². The van der Waals surface area contributed by atoms with Crippen molar-refractivity contribution in [3.05, 3.63) is 89.7 Å². The fourth-order valence-corrected chi connectivity index (χ4v) is 2.73. The molecule has 0 aliphatic carbocycles. The molecular weight excluding hydrogens is 338 g/mol. The molecule has 0 saturated heterocycles. The van der Waals surface area contributed by atoms with Crippen molar-refractivity contribution >= 4 is 11.7 Å². The van der Waals surface area contributed by atoms with Gasteiger partial charge in [-0.05, 0) is 36.2 Å². The Morgan fingerprint density at radius 1 is 1.04 bits per heavy atom. The molecule has 0 saturated carbocycles. The average Bonchev–Trinajstić information content (AvgIpc) is 2.70. The Morgan fingerprint density at radius 2 is 1.81 bits per heavy atom. The van der Waals surface area contributed by atoms with Crippen LogP contribution in [0.15, 0.2) is 73.1 Å². The molecule has 0 unspecified atom stereocenters. The number of urea groups is 1. The molecule has 0 spiro atoms. The smallest absolute Gasteiger partial charge is 0.322 e. The van der Waals surface area contributed by atoms with Crippen LogP contribution in [0, 0.1) is 6.92 Å². The van der Waals surface area contributed by atoms with Gasteiger partial charge in [0.2, 0.25) is 0 Å². The first-order valence-electron chi connectivity index (χ1n) is 8.78. The molecule has 2 amide bonds. The lowest BCUT2D eigenvalue weighted by molar-refractivity contribution is 0.206. The van der Waals surface area contributed by atoms with Crippen molar-refractivity contribution in [2.24, 2.45) is 0 Å². The van der Waals surface area contributed by atoms with Crippen LogP contribution in [0.4, 0.5) is 10.5 Å². The van der Waals surface area contributed by atoms with Gasteiger partial charge in [0, 0.05) is 37.2 Å². The Hall–Kier alpha value is -3.34. The third kappa shape index (κ3) is 5.31. The topological polar surface area (TPSA) is 54.5 Å². The van der Waals surface area contributed by atoms with Crippen molar-refractivity contribution in [2.75, 3.05) is 12.4 Å². The van der Waals surface area contributed by atoms with Gasteiger partial charge in [-0.15, -0.1) is 0 Å². The number of anilines is 1. The molecule has 138 valence electrons. The van der Waals surface area contributed by atoms with E-state index in [1.54, 1.807) is 30.5 Å². The SMILES string of the molecule is COc1cccc(NC(=O)N(Cc2ccc(C)cc2)Cc2cccnc2)c1. The standard InChI is InChI=1S/C22H23N3O2/c1-17-8-10-18(11-9-17)15-25(16-19-5-4-12-23-14-19)22(26)24-20-6-3-7-21(13-20)27-2/h3-14H,15-16H2,1-2H3,(H,24,26). The number of rotatable bonds is 6. The van der Waals surface area contributed by atoms with Crippen molar-refractivity contribution in [3.8, 4) is 5.75 Å². The first-order valence-corrected chi connectivity index (χ1v) is 8.78. The van der Waals surface area contributed by atoms with Crippen LogP contribution < -0.4 is 10.1 Å². The van der Waals surface area contributed by atoms with Gasteiger partial charge in [0.1, 0.15) is 5.75 Å². The van der Waals surface area contributed by atoms with Gasteiger partial charge < -0.3 is 15.0 Å². The summed E-state index contributed by atoms with van der Waals surface area (Å²) in [5.41, 5.74) is 3.94. The Balaban J connectivity index is 1.78. The average molecular weight is 361 g/mol. The Labute approximate surface area is 159 Å². The minimum Gasteiger partial charge on any atom is -0.497 e. The third-order valence-corrected chi connectivity index (χ3v) is 4.20. The Bertz CT molecular complexity index is 880. The molecule has 27 heavy (non-hydrogen) atoms. The number of nitrogens with one attached hydrogen (secondary N) is 1. The lowest BCUT2D eigenvalue weighted by Crippen LogP contribution is -2.34. The fourth-order valence-electron chi connectivity index (χ4n) is 2.73. The number of amides is 2. The van der Waals surface area contributed by atoms with Crippen LogP contribution in [0.5, 0.6) is 5.75 Å². The van der Waals surface area contributed by atoms with Gasteiger partial charge in [-0.2, -0.15) is 0 Å². The molecule has 1 aromatic heterocycles. The minimum absolute atomic E-state index is 0.173. The summed E-state index contributed by atoms with van der Waals surface area (Å²) < 4.78 is 5.23. The molecule has 5 nitrogen and oxygen atoms in total. The molecule has 0 fully saturated rings. The number of nitrogens with zero attached hydrogens (tertiary/aromatic N) is 2. The Kier molecular flexibility index (Phi) is 6.05. The number of methoxy groups -OCH3 is 1. The Morgan fingerprint density at radius 3 is 2.52 bits per heavy atom. The van der Waals surface area contributed by atoms with E-state index in [-0.39, 0.29) is 6.03 Å². The summed E-state index contributed by atoms with van der Waals surface area (Å²) in [7, 11) is 1.60. The molecule has 0 bridgehead atoms. The summed E-state index contributed by atoms with van der Waals surface area (Å²) in [6, 6.07) is 19.2. The van der Waals surface area contributed by atoms with Crippen LogP contribution in [-0.2, 0) is 13.1 Å². The highest BCUT2D eigenvalue weighted by Crippen LogP contribution is 2.18. The number of pyridine rings is 1. The number of aryl methyl sites for hydroxylation is 1. The second kappa shape index (κ2) is 8.85. The molecule has 1 heterocycles. The lowest BCUT2D eigenvalue weighted by atomic mass is 10.1. The van der Waals surface area contributed by atoms with E-state index in [0.29, 0.717) is 24.5 Å². The highest BCUT2D eigenvalue weighted by molar-refractivity contribution is 5.89. The normalized spacial score (nSPS) is 10.3. The molecule has 3 aromatic rings. The maximum absolute atomic E-state index is 12.9. The molecule has 0 aliphatic heterocycles. The quantitative estimate of drug-likeness (QED) is 0.696. The van der Waals surface area contributed by atoms with Crippen LogP contribution >= 0.6 is 0 Å². The molecular formula is C22H23N3O2. The number of carbonyl (C=O) groups excluding carboxylic acids is 1. The van der Waals surface area contributed by atoms with E-state index in [0.717, 1.165) is 11.1 Å². The minimum atomic E-state index is -0.173.